The summed E-state index contributed by atoms with van der Waals surface area (Å²) in [5.74, 6) is -1.74. The van der Waals surface area contributed by atoms with E-state index in [9.17, 15) is 14.7 Å². The SMILES string of the molecule is O=C1C(=O)N(c2nc3ccc(Cl)cc3s2)C(c2ccncc2)/C1=C(\O)c1ccccc1. The molecule has 1 saturated heterocycles. The Morgan fingerprint density at radius 2 is 1.77 bits per heavy atom. The highest BCUT2D eigenvalue weighted by Gasteiger charge is 2.48. The number of rotatable bonds is 3. The first-order valence-electron chi connectivity index (χ1n) is 9.37. The smallest absolute Gasteiger partial charge is 0.301 e. The van der Waals surface area contributed by atoms with Crippen LogP contribution in [0.15, 0.2) is 78.6 Å². The third-order valence-electron chi connectivity index (χ3n) is 5.06. The Morgan fingerprint density at radius 3 is 2.52 bits per heavy atom. The van der Waals surface area contributed by atoms with Gasteiger partial charge in [0.25, 0.3) is 5.78 Å². The number of halogens is 1. The molecule has 1 fully saturated rings. The van der Waals surface area contributed by atoms with E-state index >= 15 is 0 Å². The molecule has 0 aliphatic carbocycles. The van der Waals surface area contributed by atoms with E-state index in [2.05, 4.69) is 9.97 Å². The van der Waals surface area contributed by atoms with Crippen LogP contribution in [-0.2, 0) is 9.59 Å². The Morgan fingerprint density at radius 1 is 1.03 bits per heavy atom. The molecule has 1 aliphatic heterocycles. The van der Waals surface area contributed by atoms with E-state index in [1.165, 1.54) is 16.2 Å². The summed E-state index contributed by atoms with van der Waals surface area (Å²) in [5, 5.41) is 11.9. The maximum absolute atomic E-state index is 13.1. The average molecular weight is 448 g/mol. The van der Waals surface area contributed by atoms with Crippen LogP contribution in [0.5, 0.6) is 0 Å². The van der Waals surface area contributed by atoms with Crippen molar-refractivity contribution in [3.63, 3.8) is 0 Å². The third-order valence-corrected chi connectivity index (χ3v) is 6.31. The first-order chi connectivity index (χ1) is 15.0. The highest BCUT2D eigenvalue weighted by Crippen LogP contribution is 2.44. The number of anilines is 1. The summed E-state index contributed by atoms with van der Waals surface area (Å²) in [6, 6.07) is 16.5. The fraction of sp³-hybridized carbons (Fsp3) is 0.0435. The Bertz CT molecular complexity index is 1350. The Labute approximate surface area is 186 Å². The van der Waals surface area contributed by atoms with Gasteiger partial charge in [-0.1, -0.05) is 53.3 Å². The van der Waals surface area contributed by atoms with Gasteiger partial charge in [0.1, 0.15) is 5.76 Å². The number of ketones is 1. The van der Waals surface area contributed by atoms with Crippen molar-refractivity contribution in [1.29, 1.82) is 0 Å². The van der Waals surface area contributed by atoms with Crippen LogP contribution in [0.4, 0.5) is 5.13 Å². The van der Waals surface area contributed by atoms with Crippen LogP contribution in [0.2, 0.25) is 5.02 Å². The molecule has 1 unspecified atom stereocenters. The second-order valence-electron chi connectivity index (χ2n) is 6.92. The standard InChI is InChI=1S/C23H14ClN3O3S/c24-15-6-7-16-17(12-15)31-23(26-16)27-19(13-8-10-25-11-9-13)18(21(29)22(27)30)20(28)14-4-2-1-3-5-14/h1-12,19,28H/b20-18+. The number of aliphatic hydroxyl groups is 1. The molecule has 8 heteroatoms. The van der Waals surface area contributed by atoms with Crippen molar-refractivity contribution in [1.82, 2.24) is 9.97 Å². The lowest BCUT2D eigenvalue weighted by Gasteiger charge is -2.22. The highest BCUT2D eigenvalue weighted by atomic mass is 35.5. The Kier molecular flexibility index (Phi) is 4.77. The molecular weight excluding hydrogens is 434 g/mol. The normalized spacial score (nSPS) is 18.1. The van der Waals surface area contributed by atoms with Crippen LogP contribution in [-0.4, -0.2) is 26.8 Å². The molecule has 0 spiro atoms. The average Bonchev–Trinajstić information content (AvgIpc) is 3.32. The maximum atomic E-state index is 13.1. The first kappa shape index (κ1) is 19.4. The van der Waals surface area contributed by atoms with Crippen LogP contribution in [0.25, 0.3) is 16.0 Å². The van der Waals surface area contributed by atoms with Crippen LogP contribution >= 0.6 is 22.9 Å². The van der Waals surface area contributed by atoms with E-state index in [0.29, 0.717) is 26.8 Å². The number of amides is 1. The third kappa shape index (κ3) is 3.28. The molecule has 0 saturated carbocycles. The Balaban J connectivity index is 1.73. The van der Waals surface area contributed by atoms with Gasteiger partial charge in [0.2, 0.25) is 0 Å². The predicted molar refractivity (Wildman–Crippen MR) is 120 cm³/mol. The summed E-state index contributed by atoms with van der Waals surface area (Å²) in [4.78, 5) is 36.1. The van der Waals surface area contributed by atoms with E-state index in [1.807, 2.05) is 6.07 Å². The van der Waals surface area contributed by atoms with Gasteiger partial charge in [-0.15, -0.1) is 0 Å². The fourth-order valence-corrected chi connectivity index (χ4v) is 4.90. The second kappa shape index (κ2) is 7.61. The zero-order chi connectivity index (χ0) is 21.5. The minimum Gasteiger partial charge on any atom is -0.507 e. The molecular formula is C23H14ClN3O3S. The number of benzene rings is 2. The molecule has 3 heterocycles. The lowest BCUT2D eigenvalue weighted by Crippen LogP contribution is -2.29. The van der Waals surface area contributed by atoms with Crippen LogP contribution in [0.3, 0.4) is 0 Å². The number of carbonyl (C=O) groups is 2. The largest absolute Gasteiger partial charge is 0.507 e. The molecule has 0 bridgehead atoms. The maximum Gasteiger partial charge on any atom is 0.301 e. The van der Waals surface area contributed by atoms with E-state index in [1.54, 1.807) is 67.0 Å². The minimum atomic E-state index is -0.834. The van der Waals surface area contributed by atoms with Gasteiger partial charge in [-0.2, -0.15) is 0 Å². The molecule has 6 nitrogen and oxygen atoms in total. The molecule has 1 N–H and O–H groups in total. The van der Waals surface area contributed by atoms with Crippen LogP contribution in [0, 0.1) is 0 Å². The van der Waals surface area contributed by atoms with Crippen molar-refractivity contribution in [2.45, 2.75) is 6.04 Å². The number of thiazole rings is 1. The van der Waals surface area contributed by atoms with E-state index in [-0.39, 0.29) is 11.3 Å². The van der Waals surface area contributed by atoms with Gasteiger partial charge in [-0.05, 0) is 35.9 Å². The molecule has 2 aromatic carbocycles. The summed E-state index contributed by atoms with van der Waals surface area (Å²) in [6.45, 7) is 0. The van der Waals surface area contributed by atoms with Crippen molar-refractivity contribution in [3.05, 3.63) is 94.8 Å². The van der Waals surface area contributed by atoms with E-state index in [4.69, 9.17) is 11.6 Å². The monoisotopic (exact) mass is 447 g/mol. The van der Waals surface area contributed by atoms with Crippen molar-refractivity contribution < 1.29 is 14.7 Å². The van der Waals surface area contributed by atoms with E-state index in [0.717, 1.165) is 4.70 Å². The summed E-state index contributed by atoms with van der Waals surface area (Å²) >= 11 is 7.35. The molecule has 0 radical (unpaired) electrons. The van der Waals surface area contributed by atoms with Gasteiger partial charge in [-0.3, -0.25) is 19.5 Å². The number of nitrogens with zero attached hydrogens (tertiary/aromatic N) is 3. The Hall–Kier alpha value is -3.55. The number of aromatic nitrogens is 2. The van der Waals surface area contributed by atoms with Crippen molar-refractivity contribution in [2.24, 2.45) is 0 Å². The molecule has 1 atom stereocenters. The van der Waals surface area contributed by atoms with Gasteiger partial charge >= 0.3 is 5.91 Å². The summed E-state index contributed by atoms with van der Waals surface area (Å²) < 4.78 is 0.793. The molecule has 4 aromatic rings. The molecule has 31 heavy (non-hydrogen) atoms. The summed E-state index contributed by atoms with van der Waals surface area (Å²) in [6.07, 6.45) is 3.16. The lowest BCUT2D eigenvalue weighted by molar-refractivity contribution is -0.132. The number of pyridine rings is 1. The van der Waals surface area contributed by atoms with E-state index < -0.39 is 17.7 Å². The topological polar surface area (TPSA) is 83.4 Å². The van der Waals surface area contributed by atoms with Crippen molar-refractivity contribution >= 4 is 55.7 Å². The number of aliphatic hydroxyl groups excluding tert-OH is 1. The van der Waals surface area contributed by atoms with Crippen molar-refractivity contribution in [3.8, 4) is 0 Å². The van der Waals surface area contributed by atoms with Gasteiger partial charge in [0.05, 0.1) is 21.8 Å². The van der Waals surface area contributed by atoms with Gasteiger partial charge in [0.15, 0.2) is 5.13 Å². The van der Waals surface area contributed by atoms with Gasteiger partial charge < -0.3 is 5.11 Å². The van der Waals surface area contributed by atoms with Crippen molar-refractivity contribution in [2.75, 3.05) is 4.90 Å². The number of Topliss-reactive ketones (excluding diaryl/α,β-unsaturated/α-hetero) is 1. The quantitative estimate of drug-likeness (QED) is 0.272. The summed E-state index contributed by atoms with van der Waals surface area (Å²) in [7, 11) is 0. The number of hydrogen-bond donors (Lipinski definition) is 1. The lowest BCUT2D eigenvalue weighted by atomic mass is 9.96. The predicted octanol–water partition coefficient (Wildman–Crippen LogP) is 4.97. The molecule has 1 aliphatic rings. The fourth-order valence-electron chi connectivity index (χ4n) is 3.63. The van der Waals surface area contributed by atoms with Gasteiger partial charge in [-0.25, -0.2) is 4.98 Å². The number of carbonyl (C=O) groups excluding carboxylic acids is 2. The van der Waals surface area contributed by atoms with Crippen LogP contribution in [0.1, 0.15) is 17.2 Å². The number of hydrogen-bond acceptors (Lipinski definition) is 6. The number of fused-ring (bicyclic) bond motifs is 1. The van der Waals surface area contributed by atoms with Gasteiger partial charge in [0, 0.05) is 23.0 Å². The minimum absolute atomic E-state index is 0.0136. The highest BCUT2D eigenvalue weighted by molar-refractivity contribution is 7.22. The zero-order valence-electron chi connectivity index (χ0n) is 15.9. The van der Waals surface area contributed by atoms with Crippen LogP contribution < -0.4 is 4.90 Å². The molecule has 2 aromatic heterocycles. The molecule has 152 valence electrons. The zero-order valence-corrected chi connectivity index (χ0v) is 17.5. The molecule has 5 rings (SSSR count). The second-order valence-corrected chi connectivity index (χ2v) is 8.37. The molecule has 1 amide bonds. The first-order valence-corrected chi connectivity index (χ1v) is 10.6. The summed E-state index contributed by atoms with van der Waals surface area (Å²) in [5.41, 5.74) is 1.78.